The Morgan fingerprint density at radius 1 is 0.950 bits per heavy atom. The van der Waals surface area contributed by atoms with Gasteiger partial charge in [0.2, 0.25) is 3.79 Å². The number of carbonyl (C=O) groups excluding carboxylic acids is 1. The molecule has 2 aromatic carbocycles. The molecule has 100 valence electrons. The number of aldehydes is 1. The van der Waals surface area contributed by atoms with Gasteiger partial charge in [-0.1, -0.05) is 65.1 Å². The number of aromatic nitrogens is 1. The Kier molecular flexibility index (Phi) is 3.33. The normalized spacial score (nSPS) is 11.9. The number of para-hydroxylation sites is 1. The van der Waals surface area contributed by atoms with E-state index in [0.717, 1.165) is 22.6 Å². The van der Waals surface area contributed by atoms with Crippen LogP contribution in [0.2, 0.25) is 0 Å². The number of pyridine rings is 1. The average Bonchev–Trinajstić information content (AvgIpc) is 2.44. The van der Waals surface area contributed by atoms with E-state index in [0.29, 0.717) is 16.6 Å². The van der Waals surface area contributed by atoms with E-state index in [1.807, 2.05) is 30.3 Å². The maximum Gasteiger partial charge on any atom is 0.233 e. The minimum Gasteiger partial charge on any atom is -0.298 e. The Morgan fingerprint density at radius 3 is 2.40 bits per heavy atom. The van der Waals surface area contributed by atoms with E-state index < -0.39 is 3.79 Å². The highest BCUT2D eigenvalue weighted by Crippen LogP contribution is 2.42. The number of nitrogens with zero attached hydrogens (tertiary/aromatic N) is 1. The van der Waals surface area contributed by atoms with Crippen molar-refractivity contribution in [3.63, 3.8) is 0 Å². The summed E-state index contributed by atoms with van der Waals surface area (Å²) in [4.78, 5) is 15.4. The minimum absolute atomic E-state index is 0.333. The Hall–Kier alpha value is -1.35. The molecule has 3 aromatic rings. The second-order valence-corrected chi connectivity index (χ2v) is 6.68. The van der Waals surface area contributed by atoms with E-state index in [1.54, 1.807) is 12.1 Å². The molecule has 0 aliphatic carbocycles. The summed E-state index contributed by atoms with van der Waals surface area (Å²) in [6, 6.07) is 12.9. The van der Waals surface area contributed by atoms with Crippen LogP contribution in [0, 0.1) is 0 Å². The lowest BCUT2D eigenvalue weighted by Crippen LogP contribution is -2.05. The smallest absolute Gasteiger partial charge is 0.233 e. The number of fused-ring (bicyclic) bond motifs is 3. The first-order valence-electron chi connectivity index (χ1n) is 5.85. The second-order valence-electron chi connectivity index (χ2n) is 4.40. The van der Waals surface area contributed by atoms with Crippen LogP contribution < -0.4 is 0 Å². The topological polar surface area (TPSA) is 30.0 Å². The van der Waals surface area contributed by atoms with Gasteiger partial charge in [-0.2, -0.15) is 0 Å². The SMILES string of the molecule is O=Cc1ccc2c(c1)c(C(Cl)(Cl)Cl)nc1ccccc12. The maximum absolute atomic E-state index is 11.0. The molecule has 1 heterocycles. The quantitative estimate of drug-likeness (QED) is 0.357. The van der Waals surface area contributed by atoms with Gasteiger partial charge in [0, 0.05) is 16.3 Å². The first-order chi connectivity index (χ1) is 9.50. The summed E-state index contributed by atoms with van der Waals surface area (Å²) in [6.45, 7) is 0. The molecule has 1 aromatic heterocycles. The van der Waals surface area contributed by atoms with Gasteiger partial charge in [0.05, 0.1) is 5.52 Å². The van der Waals surface area contributed by atoms with Crippen molar-refractivity contribution in [2.45, 2.75) is 3.79 Å². The van der Waals surface area contributed by atoms with Crippen LogP contribution in [-0.2, 0) is 3.79 Å². The van der Waals surface area contributed by atoms with Gasteiger partial charge in [-0.25, -0.2) is 4.98 Å². The molecule has 0 unspecified atom stereocenters. The van der Waals surface area contributed by atoms with Gasteiger partial charge in [0.1, 0.15) is 12.0 Å². The number of halogens is 3. The number of hydrogen-bond donors (Lipinski definition) is 0. The van der Waals surface area contributed by atoms with Gasteiger partial charge in [-0.05, 0) is 17.5 Å². The van der Waals surface area contributed by atoms with Crippen LogP contribution in [0.25, 0.3) is 21.7 Å². The van der Waals surface area contributed by atoms with Crippen molar-refractivity contribution in [3.05, 3.63) is 53.7 Å². The van der Waals surface area contributed by atoms with Gasteiger partial charge < -0.3 is 0 Å². The third kappa shape index (κ3) is 2.24. The molecule has 0 aliphatic heterocycles. The second kappa shape index (κ2) is 4.88. The first-order valence-corrected chi connectivity index (χ1v) is 6.99. The third-order valence-corrected chi connectivity index (χ3v) is 3.67. The minimum atomic E-state index is -1.65. The van der Waals surface area contributed by atoms with Crippen molar-refractivity contribution in [3.8, 4) is 0 Å². The molecular formula is C15H8Cl3NO. The zero-order chi connectivity index (χ0) is 14.3. The molecule has 0 saturated heterocycles. The summed E-state index contributed by atoms with van der Waals surface area (Å²) in [6.07, 6.45) is 0.761. The van der Waals surface area contributed by atoms with Crippen LogP contribution >= 0.6 is 34.8 Å². The lowest BCUT2D eigenvalue weighted by molar-refractivity contribution is 0.112. The number of rotatable bonds is 1. The Balaban J connectivity index is 2.53. The van der Waals surface area contributed by atoms with E-state index in [-0.39, 0.29) is 0 Å². The van der Waals surface area contributed by atoms with Gasteiger partial charge in [0.15, 0.2) is 0 Å². The molecule has 0 amide bonds. The molecule has 3 rings (SSSR count). The number of hydrogen-bond acceptors (Lipinski definition) is 2. The van der Waals surface area contributed by atoms with Crippen molar-refractivity contribution in [2.24, 2.45) is 0 Å². The largest absolute Gasteiger partial charge is 0.298 e. The van der Waals surface area contributed by atoms with Gasteiger partial charge in [-0.3, -0.25) is 4.79 Å². The first kappa shape index (κ1) is 13.6. The van der Waals surface area contributed by atoms with E-state index in [1.165, 1.54) is 0 Å². The summed E-state index contributed by atoms with van der Waals surface area (Å²) in [5.41, 5.74) is 1.60. The van der Waals surface area contributed by atoms with Crippen molar-refractivity contribution in [1.29, 1.82) is 0 Å². The molecule has 5 heteroatoms. The van der Waals surface area contributed by atoms with Gasteiger partial charge in [0.25, 0.3) is 0 Å². The Labute approximate surface area is 130 Å². The summed E-state index contributed by atoms with van der Waals surface area (Å²) in [7, 11) is 0. The molecule has 2 nitrogen and oxygen atoms in total. The maximum atomic E-state index is 11.0. The standard InChI is InChI=1S/C15H8Cl3NO/c16-15(17,18)14-12-7-9(8-20)5-6-10(12)11-3-1-2-4-13(11)19-14/h1-8H. The Morgan fingerprint density at radius 2 is 1.70 bits per heavy atom. The van der Waals surface area contributed by atoms with Crippen molar-refractivity contribution in [2.75, 3.05) is 0 Å². The molecule has 0 spiro atoms. The van der Waals surface area contributed by atoms with Crippen LogP contribution in [0.5, 0.6) is 0 Å². The lowest BCUT2D eigenvalue weighted by atomic mass is 10.0. The van der Waals surface area contributed by atoms with Crippen molar-refractivity contribution < 1.29 is 4.79 Å². The van der Waals surface area contributed by atoms with E-state index in [2.05, 4.69) is 4.98 Å². The number of carbonyl (C=O) groups is 1. The lowest BCUT2D eigenvalue weighted by Gasteiger charge is -2.15. The zero-order valence-electron chi connectivity index (χ0n) is 10.1. The number of alkyl halides is 3. The highest BCUT2D eigenvalue weighted by molar-refractivity contribution is 6.67. The molecule has 0 aliphatic rings. The van der Waals surface area contributed by atoms with E-state index in [9.17, 15) is 4.79 Å². The highest BCUT2D eigenvalue weighted by atomic mass is 35.6. The predicted octanol–water partition coefficient (Wildman–Crippen LogP) is 5.03. The highest BCUT2D eigenvalue weighted by Gasteiger charge is 2.28. The molecule has 20 heavy (non-hydrogen) atoms. The van der Waals surface area contributed by atoms with Gasteiger partial charge in [-0.15, -0.1) is 0 Å². The van der Waals surface area contributed by atoms with Crippen LogP contribution in [0.3, 0.4) is 0 Å². The van der Waals surface area contributed by atoms with Crippen LogP contribution in [0.4, 0.5) is 0 Å². The summed E-state index contributed by atoms with van der Waals surface area (Å²) in [5.74, 6) is 0. The monoisotopic (exact) mass is 323 g/mol. The summed E-state index contributed by atoms with van der Waals surface area (Å²) in [5, 5.41) is 2.54. The fourth-order valence-corrected chi connectivity index (χ4v) is 2.69. The van der Waals surface area contributed by atoms with Crippen molar-refractivity contribution >= 4 is 62.8 Å². The molecule has 0 atom stereocenters. The molecule has 0 N–H and O–H groups in total. The molecular weight excluding hydrogens is 317 g/mol. The summed E-state index contributed by atoms with van der Waals surface area (Å²) < 4.78 is -1.65. The number of benzene rings is 2. The average molecular weight is 325 g/mol. The Bertz CT molecular complexity index is 824. The predicted molar refractivity (Wildman–Crippen MR) is 83.9 cm³/mol. The van der Waals surface area contributed by atoms with Crippen molar-refractivity contribution in [1.82, 2.24) is 4.98 Å². The molecule has 0 radical (unpaired) electrons. The van der Waals surface area contributed by atoms with E-state index in [4.69, 9.17) is 34.8 Å². The van der Waals surface area contributed by atoms with Crippen LogP contribution in [0.15, 0.2) is 42.5 Å². The van der Waals surface area contributed by atoms with Crippen LogP contribution in [-0.4, -0.2) is 11.3 Å². The van der Waals surface area contributed by atoms with Gasteiger partial charge >= 0.3 is 0 Å². The van der Waals surface area contributed by atoms with E-state index >= 15 is 0 Å². The molecule has 0 bridgehead atoms. The zero-order valence-corrected chi connectivity index (χ0v) is 12.4. The third-order valence-electron chi connectivity index (χ3n) is 3.13. The summed E-state index contributed by atoms with van der Waals surface area (Å²) >= 11 is 18.0. The molecule has 0 fully saturated rings. The fourth-order valence-electron chi connectivity index (χ4n) is 2.26. The molecule has 0 saturated carbocycles. The fraction of sp³-hybridized carbons (Fsp3) is 0.0667. The van der Waals surface area contributed by atoms with Crippen LogP contribution in [0.1, 0.15) is 16.1 Å².